The van der Waals surface area contributed by atoms with Crippen molar-refractivity contribution in [2.24, 2.45) is 0 Å². The highest BCUT2D eigenvalue weighted by atomic mass is 16.5. The lowest BCUT2D eigenvalue weighted by atomic mass is 9.93. The molecule has 212 valence electrons. The Morgan fingerprint density at radius 1 is 0.651 bits per heavy atom. The number of anilines is 1. The average molecular weight is 563 g/mol. The second-order valence-electron chi connectivity index (χ2n) is 11.6. The molecule has 1 aliphatic rings. The van der Waals surface area contributed by atoms with Gasteiger partial charge in [-0.25, -0.2) is 4.98 Å². The fourth-order valence-electron chi connectivity index (χ4n) is 6.68. The Labute approximate surface area is 251 Å². The number of hydrogen-bond acceptors (Lipinski definition) is 4. The lowest BCUT2D eigenvalue weighted by Gasteiger charge is -2.27. The normalized spacial score (nSPS) is 12.2. The number of nitrogens with zero attached hydrogens (tertiary/aromatic N) is 2. The molecule has 2 heterocycles. The van der Waals surface area contributed by atoms with Gasteiger partial charge in [-0.2, -0.15) is 0 Å². The van der Waals surface area contributed by atoms with E-state index in [1.807, 2.05) is 0 Å². The van der Waals surface area contributed by atoms with Gasteiger partial charge in [0, 0.05) is 46.7 Å². The number of benzene rings is 6. The zero-order valence-electron chi connectivity index (χ0n) is 24.7. The van der Waals surface area contributed by atoms with E-state index >= 15 is 0 Å². The SMILES string of the molecule is CCCCN(CCCC)c1ccc2c(c1)Oc1cccc3c1c-2cc1oc(-c2c4ccccc4cc4ccccc24)nc13. The van der Waals surface area contributed by atoms with Gasteiger partial charge in [0.15, 0.2) is 5.58 Å². The van der Waals surface area contributed by atoms with Gasteiger partial charge in [0.1, 0.15) is 17.0 Å². The van der Waals surface area contributed by atoms with E-state index in [0.717, 1.165) is 73.9 Å². The smallest absolute Gasteiger partial charge is 0.228 e. The predicted octanol–water partition coefficient (Wildman–Crippen LogP) is 11.1. The number of ether oxygens (including phenoxy) is 1. The van der Waals surface area contributed by atoms with Crippen molar-refractivity contribution in [2.45, 2.75) is 39.5 Å². The van der Waals surface area contributed by atoms with E-state index in [4.69, 9.17) is 14.1 Å². The Morgan fingerprint density at radius 3 is 2.07 bits per heavy atom. The first-order chi connectivity index (χ1) is 21.2. The van der Waals surface area contributed by atoms with Crippen LogP contribution in [-0.4, -0.2) is 18.1 Å². The van der Waals surface area contributed by atoms with Crippen LogP contribution in [0.5, 0.6) is 11.5 Å². The molecule has 1 aliphatic heterocycles. The van der Waals surface area contributed by atoms with Gasteiger partial charge in [0.2, 0.25) is 5.89 Å². The lowest BCUT2D eigenvalue weighted by molar-refractivity contribution is 0.487. The first-order valence-electron chi connectivity index (χ1n) is 15.6. The van der Waals surface area contributed by atoms with Crippen LogP contribution in [-0.2, 0) is 0 Å². The van der Waals surface area contributed by atoms with Crippen LogP contribution in [0.1, 0.15) is 39.5 Å². The topological polar surface area (TPSA) is 38.5 Å². The molecule has 8 rings (SSSR count). The van der Waals surface area contributed by atoms with E-state index in [-0.39, 0.29) is 0 Å². The van der Waals surface area contributed by atoms with Crippen molar-refractivity contribution < 1.29 is 9.15 Å². The van der Waals surface area contributed by atoms with E-state index < -0.39 is 0 Å². The van der Waals surface area contributed by atoms with Crippen molar-refractivity contribution in [2.75, 3.05) is 18.0 Å². The number of fused-ring (bicyclic) bond motifs is 6. The molecule has 0 saturated carbocycles. The molecule has 7 aromatic rings. The van der Waals surface area contributed by atoms with Gasteiger partial charge >= 0.3 is 0 Å². The Morgan fingerprint density at radius 2 is 1.35 bits per heavy atom. The quantitative estimate of drug-likeness (QED) is 0.173. The van der Waals surface area contributed by atoms with Gasteiger partial charge in [-0.3, -0.25) is 0 Å². The van der Waals surface area contributed by atoms with Crippen LogP contribution in [0.15, 0.2) is 101 Å². The van der Waals surface area contributed by atoms with Crippen molar-refractivity contribution in [1.29, 1.82) is 0 Å². The van der Waals surface area contributed by atoms with Gasteiger partial charge in [0.05, 0.1) is 5.56 Å². The third-order valence-corrected chi connectivity index (χ3v) is 8.87. The molecule has 0 amide bonds. The van der Waals surface area contributed by atoms with Crippen LogP contribution in [0.2, 0.25) is 0 Å². The van der Waals surface area contributed by atoms with Gasteiger partial charge in [-0.1, -0.05) is 87.4 Å². The minimum atomic E-state index is 0.644. The summed E-state index contributed by atoms with van der Waals surface area (Å²) in [6.07, 6.45) is 4.73. The fourth-order valence-corrected chi connectivity index (χ4v) is 6.68. The molecule has 0 fully saturated rings. The summed E-state index contributed by atoms with van der Waals surface area (Å²) in [6, 6.07) is 34.3. The summed E-state index contributed by atoms with van der Waals surface area (Å²) in [5.74, 6) is 2.41. The molecule has 0 aliphatic carbocycles. The number of unbranched alkanes of at least 4 members (excludes halogenated alkanes) is 2. The maximum atomic E-state index is 6.69. The van der Waals surface area contributed by atoms with Crippen LogP contribution < -0.4 is 9.64 Å². The molecule has 0 unspecified atom stereocenters. The van der Waals surface area contributed by atoms with E-state index in [1.54, 1.807) is 0 Å². The Balaban J connectivity index is 1.31. The molecule has 0 bridgehead atoms. The van der Waals surface area contributed by atoms with Crippen LogP contribution >= 0.6 is 0 Å². The number of oxazole rings is 1. The number of hydrogen-bond donors (Lipinski definition) is 0. The molecule has 0 N–H and O–H groups in total. The third kappa shape index (κ3) is 4.24. The van der Waals surface area contributed by atoms with Crippen molar-refractivity contribution in [1.82, 2.24) is 4.98 Å². The van der Waals surface area contributed by atoms with Crippen LogP contribution in [0, 0.1) is 0 Å². The van der Waals surface area contributed by atoms with Gasteiger partial charge < -0.3 is 14.1 Å². The molecule has 0 saturated heterocycles. The summed E-state index contributed by atoms with van der Waals surface area (Å²) in [4.78, 5) is 7.68. The molecular formula is C39H34N2O2. The molecule has 0 spiro atoms. The van der Waals surface area contributed by atoms with Gasteiger partial charge in [-0.05, 0) is 64.7 Å². The van der Waals surface area contributed by atoms with E-state index in [2.05, 4.69) is 116 Å². The largest absolute Gasteiger partial charge is 0.456 e. The van der Waals surface area contributed by atoms with Crippen molar-refractivity contribution in [3.05, 3.63) is 97.1 Å². The standard InChI is InChI=1S/C39H34N2O2/c1-3-5-20-41(21-6-4-2)27-18-19-30-32-24-35-38(31-16-11-17-33(36(31)32)42-34(30)23-27)40-39(43-35)37-28-14-9-7-12-25(28)22-26-13-8-10-15-29(26)37/h7-19,22-24H,3-6,20-21H2,1-2H3. The molecule has 0 radical (unpaired) electrons. The highest BCUT2D eigenvalue weighted by molar-refractivity contribution is 6.17. The molecule has 43 heavy (non-hydrogen) atoms. The monoisotopic (exact) mass is 562 g/mol. The lowest BCUT2D eigenvalue weighted by Crippen LogP contribution is -2.25. The van der Waals surface area contributed by atoms with Gasteiger partial charge in [-0.15, -0.1) is 0 Å². The average Bonchev–Trinajstić information content (AvgIpc) is 3.47. The first kappa shape index (κ1) is 25.8. The molecular weight excluding hydrogens is 528 g/mol. The summed E-state index contributed by atoms with van der Waals surface area (Å²) >= 11 is 0. The molecule has 1 aromatic heterocycles. The van der Waals surface area contributed by atoms with Gasteiger partial charge in [0.25, 0.3) is 0 Å². The summed E-state index contributed by atoms with van der Waals surface area (Å²) in [5.41, 5.74) is 6.13. The minimum absolute atomic E-state index is 0.644. The van der Waals surface area contributed by atoms with E-state index in [1.165, 1.54) is 42.1 Å². The summed E-state index contributed by atoms with van der Waals surface area (Å²) < 4.78 is 13.3. The number of aromatic nitrogens is 1. The van der Waals surface area contributed by atoms with Crippen LogP contribution in [0.4, 0.5) is 5.69 Å². The summed E-state index contributed by atoms with van der Waals surface area (Å²) in [6.45, 7) is 6.63. The summed E-state index contributed by atoms with van der Waals surface area (Å²) in [5, 5.41) is 6.76. The molecule has 0 atom stereocenters. The Kier molecular flexibility index (Phi) is 6.29. The van der Waals surface area contributed by atoms with Crippen molar-refractivity contribution >= 4 is 49.1 Å². The zero-order chi connectivity index (χ0) is 28.9. The molecule has 6 aromatic carbocycles. The third-order valence-electron chi connectivity index (χ3n) is 8.87. The fraction of sp³-hybridized carbons (Fsp3) is 0.205. The highest BCUT2D eigenvalue weighted by Gasteiger charge is 2.25. The molecule has 4 nitrogen and oxygen atoms in total. The number of rotatable bonds is 8. The second kappa shape index (κ2) is 10.5. The summed E-state index contributed by atoms with van der Waals surface area (Å²) in [7, 11) is 0. The Bertz CT molecular complexity index is 2100. The maximum absolute atomic E-state index is 6.69. The molecule has 4 heteroatoms. The van der Waals surface area contributed by atoms with Crippen molar-refractivity contribution in [3.63, 3.8) is 0 Å². The predicted molar refractivity (Wildman–Crippen MR) is 180 cm³/mol. The van der Waals surface area contributed by atoms with E-state index in [9.17, 15) is 0 Å². The minimum Gasteiger partial charge on any atom is -0.456 e. The maximum Gasteiger partial charge on any atom is 0.228 e. The zero-order valence-corrected chi connectivity index (χ0v) is 24.7. The second-order valence-corrected chi connectivity index (χ2v) is 11.6. The highest BCUT2D eigenvalue weighted by Crippen LogP contribution is 2.50. The van der Waals surface area contributed by atoms with Crippen molar-refractivity contribution in [3.8, 4) is 34.1 Å². The van der Waals surface area contributed by atoms with E-state index in [0.29, 0.717) is 5.89 Å². The first-order valence-corrected chi connectivity index (χ1v) is 15.6. The van der Waals surface area contributed by atoms with Crippen LogP contribution in [0.25, 0.3) is 66.0 Å². The van der Waals surface area contributed by atoms with Crippen LogP contribution in [0.3, 0.4) is 0 Å². The Hall–Kier alpha value is -4.83.